The van der Waals surface area contributed by atoms with Crippen LogP contribution >= 0.6 is 0 Å². The molecular formula is C23H29N3O2. The summed E-state index contributed by atoms with van der Waals surface area (Å²) in [6, 6.07) is 8.09. The van der Waals surface area contributed by atoms with Crippen LogP contribution < -0.4 is 0 Å². The zero-order valence-electron chi connectivity index (χ0n) is 16.4. The van der Waals surface area contributed by atoms with Crippen LogP contribution in [0.25, 0.3) is 10.9 Å². The average molecular weight is 380 g/mol. The van der Waals surface area contributed by atoms with Gasteiger partial charge in [0.15, 0.2) is 0 Å². The predicted octanol–water partition coefficient (Wildman–Crippen LogP) is 3.21. The molecule has 1 aromatic heterocycles. The molecule has 1 aromatic carbocycles. The van der Waals surface area contributed by atoms with Gasteiger partial charge in [-0.3, -0.25) is 9.59 Å². The number of hydrogen-bond donors (Lipinski definition) is 1. The Balaban J connectivity index is 1.14. The average Bonchev–Trinajstić information content (AvgIpc) is 3.65. The monoisotopic (exact) mass is 379 g/mol. The highest BCUT2D eigenvalue weighted by atomic mass is 16.2. The van der Waals surface area contributed by atoms with Crippen molar-refractivity contribution in [2.45, 2.75) is 38.5 Å². The Kier molecular flexibility index (Phi) is 4.61. The van der Waals surface area contributed by atoms with E-state index in [1.807, 2.05) is 34.2 Å². The first-order valence-electron chi connectivity index (χ1n) is 10.8. The number of carbonyl (C=O) groups is 2. The molecule has 0 spiro atoms. The molecule has 0 bridgehead atoms. The summed E-state index contributed by atoms with van der Waals surface area (Å²) >= 11 is 0. The van der Waals surface area contributed by atoms with Gasteiger partial charge < -0.3 is 14.8 Å². The van der Waals surface area contributed by atoms with Crippen LogP contribution in [0.2, 0.25) is 0 Å². The van der Waals surface area contributed by atoms with E-state index in [2.05, 4.69) is 11.1 Å². The quantitative estimate of drug-likeness (QED) is 0.838. The second-order valence-electron chi connectivity index (χ2n) is 8.84. The van der Waals surface area contributed by atoms with Crippen LogP contribution in [-0.2, 0) is 16.0 Å². The van der Waals surface area contributed by atoms with Crippen LogP contribution in [0, 0.1) is 17.8 Å². The second kappa shape index (κ2) is 7.26. The fourth-order valence-electron chi connectivity index (χ4n) is 4.86. The number of aromatic nitrogens is 1. The molecule has 28 heavy (non-hydrogen) atoms. The van der Waals surface area contributed by atoms with Crippen LogP contribution in [0.4, 0.5) is 0 Å². The van der Waals surface area contributed by atoms with Gasteiger partial charge in [0.1, 0.15) is 0 Å². The van der Waals surface area contributed by atoms with Gasteiger partial charge in [-0.1, -0.05) is 18.2 Å². The smallest absolute Gasteiger partial charge is 0.227 e. The van der Waals surface area contributed by atoms with Crippen LogP contribution in [0.1, 0.15) is 37.7 Å². The lowest BCUT2D eigenvalue weighted by Crippen LogP contribution is -2.51. The number of aromatic amines is 1. The molecular weight excluding hydrogens is 350 g/mol. The topological polar surface area (TPSA) is 56.4 Å². The molecule has 2 saturated carbocycles. The van der Waals surface area contributed by atoms with Crippen LogP contribution in [0.5, 0.6) is 0 Å². The first-order chi connectivity index (χ1) is 13.7. The van der Waals surface area contributed by atoms with E-state index in [1.165, 1.54) is 25.7 Å². The molecule has 3 aliphatic rings. The Bertz CT molecular complexity index is 861. The third-order valence-corrected chi connectivity index (χ3v) is 6.87. The number of H-pyrrole nitrogens is 1. The second-order valence-corrected chi connectivity index (χ2v) is 8.84. The van der Waals surface area contributed by atoms with Gasteiger partial charge in [0, 0.05) is 49.7 Å². The van der Waals surface area contributed by atoms with Gasteiger partial charge >= 0.3 is 0 Å². The maximum absolute atomic E-state index is 12.8. The molecule has 148 valence electrons. The number of hydrogen-bond acceptors (Lipinski definition) is 2. The first kappa shape index (κ1) is 17.8. The van der Waals surface area contributed by atoms with Crippen molar-refractivity contribution in [1.29, 1.82) is 0 Å². The summed E-state index contributed by atoms with van der Waals surface area (Å²) in [7, 11) is 0. The molecule has 5 rings (SSSR count). The van der Waals surface area contributed by atoms with E-state index < -0.39 is 0 Å². The van der Waals surface area contributed by atoms with Crippen LogP contribution in [0.3, 0.4) is 0 Å². The molecule has 1 saturated heterocycles. The molecule has 5 heteroatoms. The molecule has 5 nitrogen and oxygen atoms in total. The van der Waals surface area contributed by atoms with Gasteiger partial charge in [0.25, 0.3) is 0 Å². The molecule has 3 fully saturated rings. The molecule has 2 amide bonds. The molecule has 0 unspecified atom stereocenters. The summed E-state index contributed by atoms with van der Waals surface area (Å²) in [5.74, 6) is 2.73. The van der Waals surface area contributed by atoms with E-state index in [1.54, 1.807) is 0 Å². The minimum Gasteiger partial charge on any atom is -0.361 e. The van der Waals surface area contributed by atoms with Gasteiger partial charge in [0.2, 0.25) is 11.8 Å². The van der Waals surface area contributed by atoms with E-state index in [0.29, 0.717) is 44.4 Å². The number of rotatable bonds is 6. The summed E-state index contributed by atoms with van der Waals surface area (Å²) in [4.78, 5) is 32.7. The van der Waals surface area contributed by atoms with Gasteiger partial charge in [0.05, 0.1) is 6.42 Å². The highest BCUT2D eigenvalue weighted by Gasteiger charge is 2.42. The predicted molar refractivity (Wildman–Crippen MR) is 109 cm³/mol. The van der Waals surface area contributed by atoms with Crippen LogP contribution in [0.15, 0.2) is 30.5 Å². The fourth-order valence-corrected chi connectivity index (χ4v) is 4.86. The largest absolute Gasteiger partial charge is 0.361 e. The third kappa shape index (κ3) is 3.67. The Morgan fingerprint density at radius 1 is 0.929 bits per heavy atom. The molecule has 2 heterocycles. The number of fused-ring (bicyclic) bond motifs is 1. The maximum Gasteiger partial charge on any atom is 0.227 e. The highest BCUT2D eigenvalue weighted by molar-refractivity contribution is 5.89. The van der Waals surface area contributed by atoms with Gasteiger partial charge in [-0.2, -0.15) is 0 Å². The summed E-state index contributed by atoms with van der Waals surface area (Å²) in [5, 5.41) is 1.12. The summed E-state index contributed by atoms with van der Waals surface area (Å²) in [6.45, 7) is 2.68. The Labute approximate surface area is 166 Å². The van der Waals surface area contributed by atoms with Gasteiger partial charge in [-0.05, 0) is 55.1 Å². The van der Waals surface area contributed by atoms with Crippen molar-refractivity contribution < 1.29 is 9.59 Å². The van der Waals surface area contributed by atoms with Crippen LogP contribution in [-0.4, -0.2) is 52.8 Å². The van der Waals surface area contributed by atoms with E-state index in [0.717, 1.165) is 34.7 Å². The molecule has 2 aromatic rings. The van der Waals surface area contributed by atoms with Crippen molar-refractivity contribution in [2.75, 3.05) is 26.2 Å². The lowest BCUT2D eigenvalue weighted by Gasteiger charge is -2.35. The molecule has 1 N–H and O–H groups in total. The Hall–Kier alpha value is -2.30. The number of benzene rings is 1. The molecule has 0 radical (unpaired) electrons. The van der Waals surface area contributed by atoms with Crippen molar-refractivity contribution in [1.82, 2.24) is 14.8 Å². The van der Waals surface area contributed by atoms with Crippen molar-refractivity contribution in [3.63, 3.8) is 0 Å². The van der Waals surface area contributed by atoms with Gasteiger partial charge in [-0.25, -0.2) is 0 Å². The molecule has 2 aliphatic carbocycles. The third-order valence-electron chi connectivity index (χ3n) is 6.87. The minimum absolute atomic E-state index is 0.158. The zero-order valence-corrected chi connectivity index (χ0v) is 16.4. The van der Waals surface area contributed by atoms with E-state index >= 15 is 0 Å². The zero-order chi connectivity index (χ0) is 19.1. The number of nitrogens with one attached hydrogen (secondary N) is 1. The first-order valence-corrected chi connectivity index (χ1v) is 10.8. The standard InChI is InChI=1S/C23H29N3O2/c27-22(13-18-15-24-21-4-2-1-3-19(18)21)25-9-11-26(12-10-25)23(28)14-20(16-5-6-16)17-7-8-17/h1-4,15-17,20,24H,5-14H2. The molecule has 1 aliphatic heterocycles. The van der Waals surface area contributed by atoms with E-state index in [4.69, 9.17) is 0 Å². The maximum atomic E-state index is 12.8. The Morgan fingerprint density at radius 2 is 1.54 bits per heavy atom. The van der Waals surface area contributed by atoms with Gasteiger partial charge in [-0.15, -0.1) is 0 Å². The summed E-state index contributed by atoms with van der Waals surface area (Å²) in [6.07, 6.45) is 8.39. The highest BCUT2D eigenvalue weighted by Crippen LogP contribution is 2.50. The summed E-state index contributed by atoms with van der Waals surface area (Å²) < 4.78 is 0. The number of amides is 2. The number of carbonyl (C=O) groups excluding carboxylic acids is 2. The Morgan fingerprint density at radius 3 is 2.18 bits per heavy atom. The van der Waals surface area contributed by atoms with Crippen molar-refractivity contribution in [3.05, 3.63) is 36.0 Å². The lowest BCUT2D eigenvalue weighted by molar-refractivity contribution is -0.140. The number of nitrogens with zero attached hydrogens (tertiary/aromatic N) is 2. The molecule has 0 atom stereocenters. The SMILES string of the molecule is O=C(Cc1c[nH]c2ccccc12)N1CCN(C(=O)CC(C2CC2)C2CC2)CC1. The number of para-hydroxylation sites is 1. The van der Waals surface area contributed by atoms with Crippen molar-refractivity contribution >= 4 is 22.7 Å². The van der Waals surface area contributed by atoms with E-state index in [-0.39, 0.29) is 5.91 Å². The summed E-state index contributed by atoms with van der Waals surface area (Å²) in [5.41, 5.74) is 2.12. The fraction of sp³-hybridized carbons (Fsp3) is 0.565. The number of piperazine rings is 1. The van der Waals surface area contributed by atoms with Crippen molar-refractivity contribution in [3.8, 4) is 0 Å². The lowest BCUT2D eigenvalue weighted by atomic mass is 9.93. The normalized spacial score (nSPS) is 20.2. The van der Waals surface area contributed by atoms with E-state index in [9.17, 15) is 9.59 Å². The van der Waals surface area contributed by atoms with Crippen molar-refractivity contribution in [2.24, 2.45) is 17.8 Å². The minimum atomic E-state index is 0.158.